The number of aliphatic hydroxyl groups excluding tert-OH is 2. The van der Waals surface area contributed by atoms with Gasteiger partial charge < -0.3 is 25.2 Å². The molecule has 4 N–H and O–H groups in total. The smallest absolute Gasteiger partial charge is 0.255 e. The Labute approximate surface area is 247 Å². The fraction of sp³-hybridized carbons (Fsp3) is 0.486. The molecule has 0 radical (unpaired) electrons. The van der Waals surface area contributed by atoms with E-state index in [4.69, 9.17) is 0 Å². The number of aliphatic imine (C=N–C) groups is 1. The first kappa shape index (κ1) is 27.6. The third-order valence-electron chi connectivity index (χ3n) is 10.8. The number of likely N-dealkylation sites (tertiary alicyclic amines) is 1. The Bertz CT molecular complexity index is 1590. The zero-order chi connectivity index (χ0) is 29.2. The van der Waals surface area contributed by atoms with Crippen molar-refractivity contribution in [3.8, 4) is 5.75 Å². The van der Waals surface area contributed by atoms with Gasteiger partial charge in [-0.15, -0.1) is 0 Å². The number of nitrogens with one attached hydrogen (secondary N) is 1. The maximum atomic E-state index is 13.4. The first-order valence-electron chi connectivity index (χ1n) is 15.5. The number of aromatic nitrogens is 1. The van der Waals surface area contributed by atoms with Gasteiger partial charge in [0.15, 0.2) is 6.23 Å². The van der Waals surface area contributed by atoms with E-state index in [-0.39, 0.29) is 28.2 Å². The van der Waals surface area contributed by atoms with E-state index in [1.54, 1.807) is 12.3 Å². The van der Waals surface area contributed by atoms with Gasteiger partial charge in [0.25, 0.3) is 5.56 Å². The second-order valence-corrected chi connectivity index (χ2v) is 13.3. The fourth-order valence-corrected chi connectivity index (χ4v) is 8.25. The predicted molar refractivity (Wildman–Crippen MR) is 163 cm³/mol. The van der Waals surface area contributed by atoms with Crippen molar-refractivity contribution in [3.63, 3.8) is 0 Å². The van der Waals surface area contributed by atoms with Gasteiger partial charge in [0, 0.05) is 35.8 Å². The summed E-state index contributed by atoms with van der Waals surface area (Å²) < 4.78 is 0. The van der Waals surface area contributed by atoms with Crippen LogP contribution in [-0.2, 0) is 24.7 Å². The molecule has 3 aliphatic carbocycles. The standard InChI is InChI=1S/C35H41N3O4/c1-20-7-10-25(39)16-29(20)35-11-12-38(19-22-8-9-22)21(2)30(35)14-24-13-27(34(42)37-31(24)17-35)33(41)36-18-28-26-6-4-3-5-23(26)15-32(28)40/h3-7,10,13,16,18,21-22,28,30,32-33,39-41H,8-9,11-12,14-15,17,19H2,1-2H3,(H,37,42). The molecule has 6 unspecified atom stereocenters. The number of rotatable bonds is 6. The number of aromatic hydroxyl groups is 1. The Kier molecular flexibility index (Phi) is 6.87. The van der Waals surface area contributed by atoms with Crippen LogP contribution in [-0.4, -0.2) is 56.7 Å². The number of piperidine rings is 1. The number of nitrogens with zero attached hydrogens (tertiary/aromatic N) is 2. The van der Waals surface area contributed by atoms with Gasteiger partial charge in [0.2, 0.25) is 0 Å². The second kappa shape index (κ2) is 10.5. The van der Waals surface area contributed by atoms with Crippen LogP contribution < -0.4 is 5.56 Å². The van der Waals surface area contributed by atoms with Crippen molar-refractivity contribution >= 4 is 6.21 Å². The molecule has 7 heteroatoms. The summed E-state index contributed by atoms with van der Waals surface area (Å²) >= 11 is 0. The first-order valence-corrected chi connectivity index (χ1v) is 15.5. The Morgan fingerprint density at radius 3 is 2.76 bits per heavy atom. The summed E-state index contributed by atoms with van der Waals surface area (Å²) in [6, 6.07) is 15.8. The van der Waals surface area contributed by atoms with Crippen LogP contribution in [0.3, 0.4) is 0 Å². The van der Waals surface area contributed by atoms with Crippen LogP contribution in [0.15, 0.2) is 58.3 Å². The number of aliphatic hydroxyl groups is 2. The maximum absolute atomic E-state index is 13.4. The van der Waals surface area contributed by atoms with Crippen LogP contribution in [0.25, 0.3) is 0 Å². The van der Waals surface area contributed by atoms with E-state index < -0.39 is 12.3 Å². The van der Waals surface area contributed by atoms with Gasteiger partial charge in [-0.25, -0.2) is 0 Å². The minimum absolute atomic E-state index is 0.192. The number of H-pyrrole nitrogens is 1. The van der Waals surface area contributed by atoms with Crippen LogP contribution in [0.1, 0.15) is 77.4 Å². The zero-order valence-corrected chi connectivity index (χ0v) is 24.5. The number of phenolic OH excluding ortho intramolecular Hbond substituents is 1. The molecule has 220 valence electrons. The monoisotopic (exact) mass is 567 g/mol. The molecule has 1 saturated heterocycles. The highest BCUT2D eigenvalue weighted by atomic mass is 16.3. The van der Waals surface area contributed by atoms with Gasteiger partial charge in [-0.3, -0.25) is 9.79 Å². The molecular weight excluding hydrogens is 526 g/mol. The molecular formula is C35H41N3O4. The molecule has 0 amide bonds. The minimum atomic E-state index is -1.31. The highest BCUT2D eigenvalue weighted by molar-refractivity contribution is 5.71. The number of aryl methyl sites for hydroxylation is 1. The van der Waals surface area contributed by atoms with Crippen molar-refractivity contribution in [2.24, 2.45) is 16.8 Å². The molecule has 2 aromatic carbocycles. The zero-order valence-electron chi connectivity index (χ0n) is 24.5. The molecule has 1 aromatic heterocycles. The Morgan fingerprint density at radius 2 is 1.95 bits per heavy atom. The van der Waals surface area contributed by atoms with Crippen molar-refractivity contribution in [3.05, 3.63) is 98.0 Å². The summed E-state index contributed by atoms with van der Waals surface area (Å²) in [5.74, 6) is 1.07. The van der Waals surface area contributed by atoms with Gasteiger partial charge in [-0.05, 0) is 117 Å². The second-order valence-electron chi connectivity index (χ2n) is 13.3. The number of benzene rings is 2. The molecule has 2 fully saturated rings. The summed E-state index contributed by atoms with van der Waals surface area (Å²) in [7, 11) is 0. The van der Waals surface area contributed by atoms with Gasteiger partial charge >= 0.3 is 0 Å². The van der Waals surface area contributed by atoms with E-state index in [2.05, 4.69) is 28.7 Å². The summed E-state index contributed by atoms with van der Waals surface area (Å²) in [6.07, 6.45) is 5.34. The van der Waals surface area contributed by atoms with Crippen molar-refractivity contribution in [2.75, 3.05) is 13.1 Å². The lowest BCUT2D eigenvalue weighted by atomic mass is 9.55. The maximum Gasteiger partial charge on any atom is 0.255 e. The minimum Gasteiger partial charge on any atom is -0.508 e. The van der Waals surface area contributed by atoms with E-state index in [0.29, 0.717) is 24.8 Å². The number of hydrogen-bond donors (Lipinski definition) is 4. The third-order valence-corrected chi connectivity index (χ3v) is 10.8. The van der Waals surface area contributed by atoms with Crippen LogP contribution >= 0.6 is 0 Å². The van der Waals surface area contributed by atoms with Crippen molar-refractivity contribution in [1.82, 2.24) is 9.88 Å². The van der Waals surface area contributed by atoms with Gasteiger partial charge in [-0.2, -0.15) is 0 Å². The molecule has 0 bridgehead atoms. The molecule has 1 aliphatic heterocycles. The Hall–Kier alpha value is -3.26. The number of fused-ring (bicyclic) bond motifs is 3. The summed E-state index contributed by atoms with van der Waals surface area (Å²) in [5.41, 5.74) is 6.15. The highest BCUT2D eigenvalue weighted by Crippen LogP contribution is 2.51. The van der Waals surface area contributed by atoms with E-state index in [0.717, 1.165) is 54.2 Å². The fourth-order valence-electron chi connectivity index (χ4n) is 8.25. The third kappa shape index (κ3) is 4.72. The molecule has 4 aliphatic rings. The van der Waals surface area contributed by atoms with Crippen LogP contribution in [0.5, 0.6) is 5.75 Å². The summed E-state index contributed by atoms with van der Waals surface area (Å²) in [5, 5.41) is 32.2. The molecule has 1 saturated carbocycles. The van der Waals surface area contributed by atoms with E-state index in [9.17, 15) is 20.1 Å². The average molecular weight is 568 g/mol. The number of aromatic amines is 1. The Morgan fingerprint density at radius 1 is 1.14 bits per heavy atom. The topological polar surface area (TPSA) is 109 Å². The lowest BCUT2D eigenvalue weighted by Crippen LogP contribution is -2.59. The lowest BCUT2D eigenvalue weighted by molar-refractivity contribution is 0.0245. The van der Waals surface area contributed by atoms with Gasteiger partial charge in [0.05, 0.1) is 11.7 Å². The van der Waals surface area contributed by atoms with Crippen molar-refractivity contribution < 1.29 is 15.3 Å². The predicted octanol–water partition coefficient (Wildman–Crippen LogP) is 4.31. The van der Waals surface area contributed by atoms with E-state index in [1.165, 1.54) is 24.0 Å². The number of pyridine rings is 1. The summed E-state index contributed by atoms with van der Waals surface area (Å²) in [6.45, 7) is 6.61. The molecule has 7 nitrogen and oxygen atoms in total. The first-order chi connectivity index (χ1) is 20.2. The van der Waals surface area contributed by atoms with Gasteiger partial charge in [0.1, 0.15) is 5.75 Å². The molecule has 7 rings (SSSR count). The van der Waals surface area contributed by atoms with Crippen LogP contribution in [0, 0.1) is 18.8 Å². The normalized spacial score (nSPS) is 29.7. The van der Waals surface area contributed by atoms with E-state index >= 15 is 0 Å². The van der Waals surface area contributed by atoms with E-state index in [1.807, 2.05) is 42.5 Å². The lowest BCUT2D eigenvalue weighted by Gasteiger charge is -2.55. The van der Waals surface area contributed by atoms with Crippen molar-refractivity contribution in [2.45, 2.75) is 82.1 Å². The van der Waals surface area contributed by atoms with Crippen molar-refractivity contribution in [1.29, 1.82) is 0 Å². The molecule has 2 heterocycles. The highest BCUT2D eigenvalue weighted by Gasteiger charge is 2.51. The number of hydrogen-bond acceptors (Lipinski definition) is 6. The summed E-state index contributed by atoms with van der Waals surface area (Å²) in [4.78, 5) is 23.5. The van der Waals surface area contributed by atoms with Crippen LogP contribution in [0.4, 0.5) is 0 Å². The Balaban J connectivity index is 1.22. The number of phenols is 1. The SMILES string of the molecule is Cc1ccc(O)cc1C12CCN(CC3CC3)C(C)C1Cc1cc(C(O)N=CC3c4ccccc4CC3O)c(=O)[nH]c1C2. The molecule has 3 aromatic rings. The molecule has 42 heavy (non-hydrogen) atoms. The average Bonchev–Trinajstić information content (AvgIpc) is 3.74. The molecule has 6 atom stereocenters. The molecule has 0 spiro atoms. The van der Waals surface area contributed by atoms with Gasteiger partial charge in [-0.1, -0.05) is 30.3 Å². The largest absolute Gasteiger partial charge is 0.508 e. The van der Waals surface area contributed by atoms with Crippen LogP contribution in [0.2, 0.25) is 0 Å². The quantitative estimate of drug-likeness (QED) is 0.332.